The molecule has 4 heteroatoms. The van der Waals surface area contributed by atoms with Crippen LogP contribution in [0.3, 0.4) is 0 Å². The second-order valence-corrected chi connectivity index (χ2v) is 3.96. The zero-order valence-corrected chi connectivity index (χ0v) is 9.14. The minimum Gasteiger partial charge on any atom is -0.505 e. The fourth-order valence-corrected chi connectivity index (χ4v) is 1.67. The molecule has 2 rings (SSSR count). The molecule has 0 aromatic heterocycles. The standard InChI is InChI=1S/C11H14FNO.ClH/c12-9-3-1-2-8(11(9)14)10(13)6-7-4-5-7;/h1-3,7,10,14H,4-6,13H2;1H/t10-;/m1./s1. The van der Waals surface area contributed by atoms with Gasteiger partial charge in [-0.3, -0.25) is 0 Å². The molecule has 1 aliphatic carbocycles. The topological polar surface area (TPSA) is 46.2 Å². The van der Waals surface area contributed by atoms with Crippen molar-refractivity contribution in [3.63, 3.8) is 0 Å². The number of nitrogens with two attached hydrogens (primary N) is 1. The summed E-state index contributed by atoms with van der Waals surface area (Å²) in [5, 5.41) is 9.45. The van der Waals surface area contributed by atoms with E-state index in [-0.39, 0.29) is 24.2 Å². The molecule has 0 unspecified atom stereocenters. The van der Waals surface area contributed by atoms with Gasteiger partial charge in [-0.25, -0.2) is 4.39 Å². The van der Waals surface area contributed by atoms with E-state index in [2.05, 4.69) is 0 Å². The van der Waals surface area contributed by atoms with Gasteiger partial charge in [-0.15, -0.1) is 12.4 Å². The SMILES string of the molecule is Cl.N[C@H](CC1CC1)c1cccc(F)c1O. The van der Waals surface area contributed by atoms with Gasteiger partial charge in [0.15, 0.2) is 11.6 Å². The molecule has 1 aliphatic rings. The quantitative estimate of drug-likeness (QED) is 0.840. The summed E-state index contributed by atoms with van der Waals surface area (Å²) in [5.74, 6) is -0.206. The van der Waals surface area contributed by atoms with Crippen LogP contribution in [0, 0.1) is 11.7 Å². The van der Waals surface area contributed by atoms with Crippen LogP contribution >= 0.6 is 12.4 Å². The van der Waals surface area contributed by atoms with E-state index in [0.29, 0.717) is 11.5 Å². The molecule has 0 bridgehead atoms. The van der Waals surface area contributed by atoms with Gasteiger partial charge in [-0.1, -0.05) is 25.0 Å². The minimum atomic E-state index is -0.589. The summed E-state index contributed by atoms with van der Waals surface area (Å²) >= 11 is 0. The molecule has 1 fully saturated rings. The highest BCUT2D eigenvalue weighted by atomic mass is 35.5. The van der Waals surface area contributed by atoms with E-state index in [1.54, 1.807) is 12.1 Å². The molecule has 15 heavy (non-hydrogen) atoms. The number of aromatic hydroxyl groups is 1. The summed E-state index contributed by atoms with van der Waals surface area (Å²) in [6.07, 6.45) is 3.27. The Bertz CT molecular complexity index is 341. The molecule has 2 nitrogen and oxygen atoms in total. The Hall–Kier alpha value is -0.800. The largest absolute Gasteiger partial charge is 0.505 e. The van der Waals surface area contributed by atoms with Gasteiger partial charge in [0.1, 0.15) is 0 Å². The smallest absolute Gasteiger partial charge is 0.165 e. The maximum Gasteiger partial charge on any atom is 0.165 e. The molecular weight excluding hydrogens is 217 g/mol. The van der Waals surface area contributed by atoms with Crippen molar-refractivity contribution in [1.82, 2.24) is 0 Å². The Morgan fingerprint density at radius 3 is 2.73 bits per heavy atom. The van der Waals surface area contributed by atoms with Crippen LogP contribution in [-0.2, 0) is 0 Å². The normalized spacial score (nSPS) is 16.9. The molecule has 1 atom stereocenters. The van der Waals surface area contributed by atoms with Crippen molar-refractivity contribution in [3.8, 4) is 5.75 Å². The van der Waals surface area contributed by atoms with Gasteiger partial charge in [-0.05, 0) is 18.4 Å². The van der Waals surface area contributed by atoms with Crippen LogP contribution in [0.25, 0.3) is 0 Å². The molecule has 0 heterocycles. The molecule has 3 N–H and O–H groups in total. The lowest BCUT2D eigenvalue weighted by Gasteiger charge is -2.13. The van der Waals surface area contributed by atoms with Crippen molar-refractivity contribution in [2.24, 2.45) is 11.7 Å². The Kier molecular flexibility index (Phi) is 3.94. The number of phenols is 1. The van der Waals surface area contributed by atoms with E-state index < -0.39 is 5.82 Å². The molecular formula is C11H15ClFNO. The lowest BCUT2D eigenvalue weighted by atomic mass is 10.0. The van der Waals surface area contributed by atoms with E-state index >= 15 is 0 Å². The highest BCUT2D eigenvalue weighted by molar-refractivity contribution is 5.85. The second kappa shape index (κ2) is 4.81. The van der Waals surface area contributed by atoms with Crippen LogP contribution in [0.5, 0.6) is 5.75 Å². The molecule has 0 spiro atoms. The van der Waals surface area contributed by atoms with Crippen molar-refractivity contribution in [2.75, 3.05) is 0 Å². The van der Waals surface area contributed by atoms with Crippen molar-refractivity contribution in [3.05, 3.63) is 29.6 Å². The molecule has 0 aliphatic heterocycles. The number of hydrogen-bond acceptors (Lipinski definition) is 2. The van der Waals surface area contributed by atoms with Crippen molar-refractivity contribution in [2.45, 2.75) is 25.3 Å². The predicted octanol–water partition coefficient (Wildman–Crippen LogP) is 2.75. The summed E-state index contributed by atoms with van der Waals surface area (Å²) in [7, 11) is 0. The van der Waals surface area contributed by atoms with E-state index in [0.717, 1.165) is 6.42 Å². The van der Waals surface area contributed by atoms with Gasteiger partial charge in [0.25, 0.3) is 0 Å². The summed E-state index contributed by atoms with van der Waals surface area (Å²) in [6.45, 7) is 0. The maximum absolute atomic E-state index is 13.0. The number of halogens is 2. The van der Waals surface area contributed by atoms with Crippen molar-refractivity contribution < 1.29 is 9.50 Å². The van der Waals surface area contributed by atoms with Gasteiger partial charge in [-0.2, -0.15) is 0 Å². The monoisotopic (exact) mass is 231 g/mol. The Morgan fingerprint density at radius 2 is 2.13 bits per heavy atom. The first kappa shape index (κ1) is 12.3. The van der Waals surface area contributed by atoms with E-state index in [1.165, 1.54) is 18.9 Å². The molecule has 0 saturated heterocycles. The minimum absolute atomic E-state index is 0. The third-order valence-electron chi connectivity index (χ3n) is 2.70. The zero-order valence-electron chi connectivity index (χ0n) is 8.32. The molecule has 1 saturated carbocycles. The lowest BCUT2D eigenvalue weighted by Crippen LogP contribution is -2.11. The molecule has 0 radical (unpaired) electrons. The maximum atomic E-state index is 13.0. The summed E-state index contributed by atoms with van der Waals surface area (Å²) < 4.78 is 13.0. The Balaban J connectivity index is 0.00000112. The third kappa shape index (κ3) is 2.83. The van der Waals surface area contributed by atoms with E-state index in [4.69, 9.17) is 5.73 Å². The number of benzene rings is 1. The van der Waals surface area contributed by atoms with Gasteiger partial charge >= 0.3 is 0 Å². The molecule has 84 valence electrons. The van der Waals surface area contributed by atoms with Crippen LogP contribution in [0.15, 0.2) is 18.2 Å². The highest BCUT2D eigenvalue weighted by Crippen LogP contribution is 2.38. The summed E-state index contributed by atoms with van der Waals surface area (Å²) in [4.78, 5) is 0. The van der Waals surface area contributed by atoms with Crippen molar-refractivity contribution in [1.29, 1.82) is 0 Å². The van der Waals surface area contributed by atoms with Crippen LogP contribution in [0.2, 0.25) is 0 Å². The second-order valence-electron chi connectivity index (χ2n) is 3.96. The number of phenolic OH excluding ortho intramolecular Hbond substituents is 1. The first-order valence-corrected chi connectivity index (χ1v) is 4.91. The van der Waals surface area contributed by atoms with Crippen LogP contribution < -0.4 is 5.73 Å². The van der Waals surface area contributed by atoms with Crippen LogP contribution in [0.4, 0.5) is 4.39 Å². The number of hydrogen-bond donors (Lipinski definition) is 2. The molecule has 1 aromatic rings. The van der Waals surface area contributed by atoms with Gasteiger partial charge in [0, 0.05) is 11.6 Å². The van der Waals surface area contributed by atoms with Crippen molar-refractivity contribution >= 4 is 12.4 Å². The fourth-order valence-electron chi connectivity index (χ4n) is 1.67. The first-order chi connectivity index (χ1) is 6.68. The Labute approximate surface area is 94.7 Å². The van der Waals surface area contributed by atoms with Gasteiger partial charge in [0.05, 0.1) is 0 Å². The number of rotatable bonds is 3. The lowest BCUT2D eigenvalue weighted by molar-refractivity contribution is 0.417. The third-order valence-corrected chi connectivity index (χ3v) is 2.70. The van der Waals surface area contributed by atoms with Gasteiger partial charge < -0.3 is 10.8 Å². The first-order valence-electron chi connectivity index (χ1n) is 4.91. The highest BCUT2D eigenvalue weighted by Gasteiger charge is 2.25. The number of para-hydroxylation sites is 1. The Morgan fingerprint density at radius 1 is 1.47 bits per heavy atom. The average molecular weight is 232 g/mol. The average Bonchev–Trinajstić information content (AvgIpc) is 2.93. The summed E-state index contributed by atoms with van der Waals surface area (Å²) in [6, 6.07) is 4.27. The molecule has 0 amide bonds. The zero-order chi connectivity index (χ0) is 10.1. The van der Waals surface area contributed by atoms with Crippen LogP contribution in [-0.4, -0.2) is 5.11 Å². The molecule has 1 aromatic carbocycles. The summed E-state index contributed by atoms with van der Waals surface area (Å²) in [5.41, 5.74) is 6.40. The van der Waals surface area contributed by atoms with Gasteiger partial charge in [0.2, 0.25) is 0 Å². The van der Waals surface area contributed by atoms with E-state index in [9.17, 15) is 9.50 Å². The fraction of sp³-hybridized carbons (Fsp3) is 0.455. The van der Waals surface area contributed by atoms with E-state index in [1.807, 2.05) is 0 Å². The van der Waals surface area contributed by atoms with Crippen LogP contribution in [0.1, 0.15) is 30.9 Å². The predicted molar refractivity (Wildman–Crippen MR) is 59.6 cm³/mol.